The molecule has 0 aliphatic carbocycles. The van der Waals surface area contributed by atoms with Gasteiger partial charge in [-0.05, 0) is 56.8 Å². The van der Waals surface area contributed by atoms with E-state index in [0.717, 1.165) is 13.1 Å². The van der Waals surface area contributed by atoms with Crippen LogP contribution in [0.5, 0.6) is 0 Å². The number of β-amino-alcohol motifs (C(OH)–C–C–N with tert-alkyl or cyclic N) is 1. The van der Waals surface area contributed by atoms with Crippen LogP contribution in [0.3, 0.4) is 0 Å². The van der Waals surface area contributed by atoms with Crippen LogP contribution < -0.4 is 0 Å². The maximum Gasteiger partial charge on any atom is 0.0900 e. The van der Waals surface area contributed by atoms with E-state index in [1.54, 1.807) is 11.3 Å². The summed E-state index contributed by atoms with van der Waals surface area (Å²) in [5, 5.41) is 12.3. The lowest BCUT2D eigenvalue weighted by Gasteiger charge is -2.33. The van der Waals surface area contributed by atoms with Crippen LogP contribution in [0.1, 0.15) is 37.0 Å². The molecule has 0 radical (unpaired) electrons. The molecule has 0 aromatic carbocycles. The van der Waals surface area contributed by atoms with Crippen LogP contribution in [0, 0.1) is 0 Å². The van der Waals surface area contributed by atoms with Crippen LogP contribution in [0.4, 0.5) is 0 Å². The number of ether oxygens (including phenoxy) is 1. The van der Waals surface area contributed by atoms with Gasteiger partial charge in [0, 0.05) is 24.0 Å². The van der Waals surface area contributed by atoms with E-state index in [0.29, 0.717) is 19.3 Å². The van der Waals surface area contributed by atoms with Crippen molar-refractivity contribution in [2.75, 3.05) is 39.3 Å². The van der Waals surface area contributed by atoms with E-state index < -0.39 is 0 Å². The highest BCUT2D eigenvalue weighted by atomic mass is 32.1. The first kappa shape index (κ1) is 17.4. The minimum Gasteiger partial charge on any atom is -0.389 e. The highest BCUT2D eigenvalue weighted by Crippen LogP contribution is 2.20. The second-order valence-electron chi connectivity index (χ2n) is 6.90. The number of hydrogen-bond donors (Lipinski definition) is 1. The third-order valence-corrected chi connectivity index (χ3v) is 5.85. The maximum atomic E-state index is 10.3. The smallest absolute Gasteiger partial charge is 0.0900 e. The zero-order chi connectivity index (χ0) is 15.9. The third-order valence-electron chi connectivity index (χ3n) is 5.00. The molecule has 0 amide bonds. The van der Waals surface area contributed by atoms with Gasteiger partial charge in [-0.1, -0.05) is 12.5 Å². The molecule has 130 valence electrons. The van der Waals surface area contributed by atoms with E-state index >= 15 is 0 Å². The van der Waals surface area contributed by atoms with Gasteiger partial charge in [-0.15, -0.1) is 11.3 Å². The van der Waals surface area contributed by atoms with Gasteiger partial charge in [-0.3, -0.25) is 4.90 Å². The molecule has 2 aliphatic heterocycles. The largest absolute Gasteiger partial charge is 0.389 e. The number of thiophene rings is 1. The highest BCUT2D eigenvalue weighted by Gasteiger charge is 2.28. The zero-order valence-electron chi connectivity index (χ0n) is 14.0. The van der Waals surface area contributed by atoms with E-state index in [-0.39, 0.29) is 6.10 Å². The van der Waals surface area contributed by atoms with Crippen molar-refractivity contribution >= 4 is 11.3 Å². The highest BCUT2D eigenvalue weighted by molar-refractivity contribution is 7.09. The Labute approximate surface area is 144 Å². The molecule has 2 saturated heterocycles. The average molecular weight is 339 g/mol. The Kier molecular flexibility index (Phi) is 6.90. The van der Waals surface area contributed by atoms with E-state index in [9.17, 15) is 5.11 Å². The molecular weight excluding hydrogens is 308 g/mol. The van der Waals surface area contributed by atoms with Crippen LogP contribution in [-0.2, 0) is 11.3 Å². The zero-order valence-corrected chi connectivity index (χ0v) is 14.8. The summed E-state index contributed by atoms with van der Waals surface area (Å²) >= 11 is 1.70. The first-order valence-electron chi connectivity index (χ1n) is 9.06. The minimum atomic E-state index is -0.378. The van der Waals surface area contributed by atoms with Crippen molar-refractivity contribution in [3.63, 3.8) is 0 Å². The first-order valence-corrected chi connectivity index (χ1v) is 9.94. The van der Waals surface area contributed by atoms with Crippen LogP contribution in [0.25, 0.3) is 0 Å². The van der Waals surface area contributed by atoms with Crippen molar-refractivity contribution in [1.29, 1.82) is 0 Å². The number of aliphatic hydroxyl groups excluding tert-OH is 1. The molecule has 2 aliphatic rings. The summed E-state index contributed by atoms with van der Waals surface area (Å²) in [7, 11) is 0. The first-order chi connectivity index (χ1) is 11.3. The average Bonchev–Trinajstić information content (AvgIpc) is 3.21. The SMILES string of the molecule is OC(COCc1cccs1)CN1CCCC1CN1CCCCC1. The lowest BCUT2D eigenvalue weighted by molar-refractivity contribution is 0.00584. The second-order valence-corrected chi connectivity index (χ2v) is 7.93. The van der Waals surface area contributed by atoms with Gasteiger partial charge in [0.15, 0.2) is 0 Å². The van der Waals surface area contributed by atoms with E-state index in [4.69, 9.17) is 4.74 Å². The molecular formula is C18H30N2O2S. The van der Waals surface area contributed by atoms with E-state index in [1.807, 2.05) is 6.07 Å². The fourth-order valence-electron chi connectivity index (χ4n) is 3.80. The predicted octanol–water partition coefficient (Wildman–Crippen LogP) is 2.58. The summed E-state index contributed by atoms with van der Waals surface area (Å²) in [6.07, 6.45) is 6.26. The lowest BCUT2D eigenvalue weighted by Crippen LogP contribution is -2.45. The second kappa shape index (κ2) is 9.14. The summed E-state index contributed by atoms with van der Waals surface area (Å²) in [4.78, 5) is 6.32. The van der Waals surface area contributed by atoms with Crippen molar-refractivity contribution in [1.82, 2.24) is 9.80 Å². The molecule has 23 heavy (non-hydrogen) atoms. The van der Waals surface area contributed by atoms with Crippen molar-refractivity contribution < 1.29 is 9.84 Å². The van der Waals surface area contributed by atoms with Gasteiger partial charge in [0.1, 0.15) is 0 Å². The summed E-state index contributed by atoms with van der Waals surface area (Å²) in [5.41, 5.74) is 0. The summed E-state index contributed by atoms with van der Waals surface area (Å²) in [6.45, 7) is 6.64. The summed E-state index contributed by atoms with van der Waals surface area (Å²) < 4.78 is 5.66. The van der Waals surface area contributed by atoms with Gasteiger partial charge in [0.2, 0.25) is 0 Å². The molecule has 0 spiro atoms. The van der Waals surface area contributed by atoms with Gasteiger partial charge in [0.05, 0.1) is 19.3 Å². The monoisotopic (exact) mass is 338 g/mol. The minimum absolute atomic E-state index is 0.378. The van der Waals surface area contributed by atoms with Crippen molar-refractivity contribution in [3.8, 4) is 0 Å². The van der Waals surface area contributed by atoms with Crippen LogP contribution in [-0.4, -0.2) is 66.4 Å². The molecule has 3 heterocycles. The van der Waals surface area contributed by atoms with Crippen LogP contribution in [0.2, 0.25) is 0 Å². The molecule has 0 saturated carbocycles. The lowest BCUT2D eigenvalue weighted by atomic mass is 10.1. The Bertz CT molecular complexity index is 434. The van der Waals surface area contributed by atoms with Gasteiger partial charge in [-0.25, -0.2) is 0 Å². The molecule has 1 N–H and O–H groups in total. The molecule has 0 bridgehead atoms. The third kappa shape index (κ3) is 5.54. The predicted molar refractivity (Wildman–Crippen MR) is 94.9 cm³/mol. The fraction of sp³-hybridized carbons (Fsp3) is 0.778. The Hall–Kier alpha value is -0.460. The number of likely N-dealkylation sites (tertiary alicyclic amines) is 2. The Balaban J connectivity index is 1.37. The number of piperidine rings is 1. The normalized spacial score (nSPS) is 25.0. The van der Waals surface area contributed by atoms with Crippen LogP contribution in [0.15, 0.2) is 17.5 Å². The Morgan fingerprint density at radius 3 is 2.87 bits per heavy atom. The van der Waals surface area contributed by atoms with Crippen molar-refractivity contribution in [3.05, 3.63) is 22.4 Å². The standard InChI is InChI=1S/C18H30N2O2S/c21-17(14-22-15-18-7-5-11-23-18)13-20-10-4-6-16(20)12-19-8-2-1-3-9-19/h5,7,11,16-17,21H,1-4,6,8-10,12-15H2. The van der Waals surface area contributed by atoms with Crippen LogP contribution >= 0.6 is 11.3 Å². The molecule has 4 nitrogen and oxygen atoms in total. The molecule has 2 fully saturated rings. The topological polar surface area (TPSA) is 35.9 Å². The molecule has 1 aromatic heterocycles. The van der Waals surface area contributed by atoms with Crippen molar-refractivity contribution in [2.45, 2.75) is 50.9 Å². The molecule has 2 unspecified atom stereocenters. The maximum absolute atomic E-state index is 10.3. The van der Waals surface area contributed by atoms with Gasteiger partial charge < -0.3 is 14.7 Å². The Morgan fingerprint density at radius 2 is 2.09 bits per heavy atom. The molecule has 1 aromatic rings. The Morgan fingerprint density at radius 1 is 1.22 bits per heavy atom. The number of nitrogens with zero attached hydrogens (tertiary/aromatic N) is 2. The van der Waals surface area contributed by atoms with Gasteiger partial charge in [0.25, 0.3) is 0 Å². The number of aliphatic hydroxyl groups is 1. The molecule has 2 atom stereocenters. The number of hydrogen-bond acceptors (Lipinski definition) is 5. The summed E-state index contributed by atoms with van der Waals surface area (Å²) in [6, 6.07) is 4.74. The molecule has 5 heteroatoms. The van der Waals surface area contributed by atoms with Gasteiger partial charge >= 0.3 is 0 Å². The summed E-state index contributed by atoms with van der Waals surface area (Å²) in [5.74, 6) is 0. The quantitative estimate of drug-likeness (QED) is 0.790. The number of rotatable bonds is 8. The molecule has 3 rings (SSSR count). The van der Waals surface area contributed by atoms with E-state index in [2.05, 4.69) is 21.2 Å². The fourth-order valence-corrected chi connectivity index (χ4v) is 4.44. The van der Waals surface area contributed by atoms with E-state index in [1.165, 1.54) is 56.6 Å². The van der Waals surface area contributed by atoms with Crippen molar-refractivity contribution in [2.24, 2.45) is 0 Å². The van der Waals surface area contributed by atoms with Gasteiger partial charge in [-0.2, -0.15) is 0 Å².